The van der Waals surface area contributed by atoms with Crippen molar-refractivity contribution in [2.45, 2.75) is 45.9 Å². The molecule has 5 rings (SSSR count). The Bertz CT molecular complexity index is 1450. The number of rotatable bonds is 7. The number of ether oxygens (including phenoxy) is 1. The van der Waals surface area contributed by atoms with E-state index in [0.717, 1.165) is 47.5 Å². The average Bonchev–Trinajstić information content (AvgIpc) is 3.33. The lowest BCUT2D eigenvalue weighted by molar-refractivity contribution is 0.0787. The van der Waals surface area contributed by atoms with E-state index in [-0.39, 0.29) is 0 Å². The first-order valence-corrected chi connectivity index (χ1v) is 11.7. The van der Waals surface area contributed by atoms with Gasteiger partial charge in [-0.05, 0) is 69.2 Å². The molecule has 1 N–H and O–H groups in total. The van der Waals surface area contributed by atoms with Crippen molar-refractivity contribution in [3.8, 4) is 11.4 Å². The van der Waals surface area contributed by atoms with Crippen molar-refractivity contribution in [3.63, 3.8) is 0 Å². The highest BCUT2D eigenvalue weighted by Gasteiger charge is 2.20. The Kier molecular flexibility index (Phi) is 5.47. The summed E-state index contributed by atoms with van der Waals surface area (Å²) in [5.41, 5.74) is 5.53. The maximum atomic E-state index is 10.5. The summed E-state index contributed by atoms with van der Waals surface area (Å²) in [7, 11) is 1.74. The Balaban J connectivity index is 1.72. The van der Waals surface area contributed by atoms with Crippen LogP contribution in [0.3, 0.4) is 0 Å². The molecule has 0 saturated carbocycles. The molecule has 2 aromatic heterocycles. The number of fused-ring (bicyclic) bond motifs is 4. The largest absolute Gasteiger partial charge is 0.386 e. The molecule has 0 fully saturated rings. The van der Waals surface area contributed by atoms with Gasteiger partial charge in [-0.2, -0.15) is 0 Å². The number of nitrogens with zero attached hydrogens (tertiary/aromatic N) is 3. The summed E-state index contributed by atoms with van der Waals surface area (Å²) in [5, 5.41) is 13.0. The van der Waals surface area contributed by atoms with E-state index < -0.39 is 5.60 Å². The Morgan fingerprint density at radius 2 is 1.67 bits per heavy atom. The van der Waals surface area contributed by atoms with Crippen LogP contribution in [-0.2, 0) is 23.4 Å². The average molecular weight is 442 g/mol. The molecule has 0 aliphatic rings. The molecule has 0 saturated heterocycles. The van der Waals surface area contributed by atoms with Crippen LogP contribution in [-0.4, -0.2) is 32.9 Å². The zero-order chi connectivity index (χ0) is 23.2. The van der Waals surface area contributed by atoms with Gasteiger partial charge in [0.2, 0.25) is 0 Å². The van der Waals surface area contributed by atoms with Crippen LogP contribution in [0.2, 0.25) is 0 Å². The Hall–Kier alpha value is -3.15. The molecule has 2 heterocycles. The summed E-state index contributed by atoms with van der Waals surface area (Å²) in [6, 6.07) is 21.3. The van der Waals surface area contributed by atoms with Crippen LogP contribution in [0.4, 0.5) is 0 Å². The predicted octanol–water partition coefficient (Wildman–Crippen LogP) is 6.10. The first-order valence-electron chi connectivity index (χ1n) is 11.7. The van der Waals surface area contributed by atoms with Crippen LogP contribution in [0, 0.1) is 0 Å². The Morgan fingerprint density at radius 1 is 0.909 bits per heavy atom. The number of hydrogen-bond donors (Lipinski definition) is 1. The zero-order valence-corrected chi connectivity index (χ0v) is 19.8. The van der Waals surface area contributed by atoms with Crippen molar-refractivity contribution in [1.82, 2.24) is 14.1 Å². The molecule has 0 unspecified atom stereocenters. The molecule has 170 valence electrons. The van der Waals surface area contributed by atoms with Gasteiger partial charge in [0.05, 0.1) is 16.6 Å². The molecule has 5 heteroatoms. The molecule has 0 amide bonds. The van der Waals surface area contributed by atoms with E-state index in [1.807, 2.05) is 26.0 Å². The summed E-state index contributed by atoms with van der Waals surface area (Å²) in [4.78, 5) is 5.05. The van der Waals surface area contributed by atoms with E-state index in [9.17, 15) is 5.11 Å². The van der Waals surface area contributed by atoms with Gasteiger partial charge in [-0.3, -0.25) is 0 Å². The molecule has 0 aliphatic carbocycles. The fraction of sp³-hybridized carbons (Fsp3) is 0.321. The third kappa shape index (κ3) is 3.71. The molecule has 0 bridgehead atoms. The van der Waals surface area contributed by atoms with E-state index in [2.05, 4.69) is 64.6 Å². The van der Waals surface area contributed by atoms with Crippen LogP contribution in [0.1, 0.15) is 32.8 Å². The second-order valence-electron chi connectivity index (χ2n) is 9.19. The van der Waals surface area contributed by atoms with Crippen LogP contribution in [0.25, 0.3) is 44.2 Å². The lowest BCUT2D eigenvalue weighted by Crippen LogP contribution is -2.15. The smallest absolute Gasteiger partial charge is 0.141 e. The van der Waals surface area contributed by atoms with E-state index in [1.165, 1.54) is 21.8 Å². The number of methoxy groups -OCH3 is 1. The lowest BCUT2D eigenvalue weighted by Gasteiger charge is -2.17. The van der Waals surface area contributed by atoms with Crippen molar-refractivity contribution in [2.24, 2.45) is 0 Å². The van der Waals surface area contributed by atoms with E-state index >= 15 is 0 Å². The topological polar surface area (TPSA) is 52.2 Å². The second-order valence-corrected chi connectivity index (χ2v) is 9.19. The maximum absolute atomic E-state index is 10.5. The fourth-order valence-corrected chi connectivity index (χ4v) is 4.86. The van der Waals surface area contributed by atoms with Crippen LogP contribution >= 0.6 is 0 Å². The van der Waals surface area contributed by atoms with Gasteiger partial charge in [-0.25, -0.2) is 4.98 Å². The minimum Gasteiger partial charge on any atom is -0.386 e. The van der Waals surface area contributed by atoms with E-state index in [1.54, 1.807) is 7.11 Å². The summed E-state index contributed by atoms with van der Waals surface area (Å²) < 4.78 is 9.96. The number of benzene rings is 3. The Labute approximate surface area is 194 Å². The highest BCUT2D eigenvalue weighted by Crippen LogP contribution is 2.34. The third-order valence-electron chi connectivity index (χ3n) is 6.53. The van der Waals surface area contributed by atoms with Gasteiger partial charge in [0, 0.05) is 54.2 Å². The van der Waals surface area contributed by atoms with Crippen molar-refractivity contribution in [3.05, 3.63) is 66.2 Å². The van der Waals surface area contributed by atoms with Crippen LogP contribution < -0.4 is 0 Å². The highest BCUT2D eigenvalue weighted by molar-refractivity contribution is 6.09. The predicted molar refractivity (Wildman–Crippen MR) is 136 cm³/mol. The summed E-state index contributed by atoms with van der Waals surface area (Å²) in [6.07, 6.45) is 0.902. The quantitative estimate of drug-likeness (QED) is 0.311. The van der Waals surface area contributed by atoms with Gasteiger partial charge in [0.25, 0.3) is 0 Å². The molecule has 5 aromatic rings. The lowest BCUT2D eigenvalue weighted by atomic mass is 9.98. The Morgan fingerprint density at radius 3 is 2.42 bits per heavy atom. The third-order valence-corrected chi connectivity index (χ3v) is 6.53. The van der Waals surface area contributed by atoms with E-state index in [4.69, 9.17) is 9.72 Å². The van der Waals surface area contributed by atoms with E-state index in [0.29, 0.717) is 6.61 Å². The van der Waals surface area contributed by atoms with Gasteiger partial charge >= 0.3 is 0 Å². The monoisotopic (exact) mass is 441 g/mol. The number of para-hydroxylation sites is 1. The molecule has 33 heavy (non-hydrogen) atoms. The molecule has 0 atom stereocenters. The van der Waals surface area contributed by atoms with Crippen molar-refractivity contribution >= 4 is 32.8 Å². The molecule has 3 aromatic carbocycles. The highest BCUT2D eigenvalue weighted by atomic mass is 16.5. The first kappa shape index (κ1) is 21.7. The van der Waals surface area contributed by atoms with Gasteiger partial charge in [-0.1, -0.05) is 24.3 Å². The molecule has 0 radical (unpaired) electrons. The van der Waals surface area contributed by atoms with Crippen molar-refractivity contribution in [2.75, 3.05) is 13.7 Å². The van der Waals surface area contributed by atoms with Gasteiger partial charge in [-0.15, -0.1) is 0 Å². The molecular formula is C28H31N3O2. The van der Waals surface area contributed by atoms with Crippen LogP contribution in [0.5, 0.6) is 0 Å². The molecular weight excluding hydrogens is 410 g/mol. The normalized spacial score (nSPS) is 12.4. The molecule has 0 aliphatic heterocycles. The summed E-state index contributed by atoms with van der Waals surface area (Å²) in [6.45, 7) is 8.25. The summed E-state index contributed by atoms with van der Waals surface area (Å²) >= 11 is 0. The van der Waals surface area contributed by atoms with Gasteiger partial charge in [0.1, 0.15) is 5.82 Å². The first-order chi connectivity index (χ1) is 15.9. The fourth-order valence-electron chi connectivity index (χ4n) is 4.86. The van der Waals surface area contributed by atoms with Crippen molar-refractivity contribution < 1.29 is 9.84 Å². The summed E-state index contributed by atoms with van der Waals surface area (Å²) in [5.74, 6) is 0.948. The molecule has 0 spiro atoms. The minimum atomic E-state index is -0.908. The maximum Gasteiger partial charge on any atom is 0.141 e. The standard InChI is InChI=1S/C28H31N3O2/c1-5-30-24-10-7-6-9-21(24)22-17-19(11-13-25(22)30)27-29-23-18-20(28(2,3)32)12-14-26(23)31(27)15-8-16-33-4/h6-7,9-14,17-18,32H,5,8,15-16H2,1-4H3. The SMILES string of the molecule is CCn1c2ccccc2c2cc(-c3nc4cc(C(C)(C)O)ccc4n3CCCOC)ccc21. The number of aryl methyl sites for hydroxylation is 2. The second kappa shape index (κ2) is 8.32. The number of imidazole rings is 1. The van der Waals surface area contributed by atoms with Crippen LogP contribution in [0.15, 0.2) is 60.7 Å². The number of hydrogen-bond acceptors (Lipinski definition) is 3. The zero-order valence-electron chi connectivity index (χ0n) is 19.8. The number of aliphatic hydroxyl groups is 1. The van der Waals surface area contributed by atoms with Gasteiger partial charge in [0.15, 0.2) is 0 Å². The minimum absolute atomic E-state index is 0.698. The number of aromatic nitrogens is 3. The van der Waals surface area contributed by atoms with Gasteiger partial charge < -0.3 is 19.0 Å². The molecule has 5 nitrogen and oxygen atoms in total. The van der Waals surface area contributed by atoms with Crippen molar-refractivity contribution in [1.29, 1.82) is 0 Å².